The van der Waals surface area contributed by atoms with Crippen LogP contribution in [-0.2, 0) is 20.9 Å². The van der Waals surface area contributed by atoms with Gasteiger partial charge in [0.15, 0.2) is 0 Å². The number of methoxy groups -OCH3 is 1. The largest absolute Gasteiger partial charge is 0.467 e. The topological polar surface area (TPSA) is 68.6 Å². The van der Waals surface area contributed by atoms with Crippen molar-refractivity contribution in [2.45, 2.75) is 19.5 Å². The Morgan fingerprint density at radius 2 is 2.00 bits per heavy atom. The number of benzene rings is 2. The minimum atomic E-state index is -0.984. The van der Waals surface area contributed by atoms with Crippen LogP contribution in [0.2, 0.25) is 0 Å². The number of hydrogen-bond donors (Lipinski definition) is 0. The molecule has 1 aliphatic rings. The number of aromatic nitrogens is 1. The molecule has 1 atom stereocenters. The molecule has 2 heterocycles. The van der Waals surface area contributed by atoms with E-state index < -0.39 is 23.2 Å². The van der Waals surface area contributed by atoms with Crippen molar-refractivity contribution >= 4 is 45.9 Å². The van der Waals surface area contributed by atoms with E-state index in [0.29, 0.717) is 6.54 Å². The van der Waals surface area contributed by atoms with E-state index >= 15 is 0 Å². The van der Waals surface area contributed by atoms with Crippen LogP contribution >= 0.6 is 11.8 Å². The summed E-state index contributed by atoms with van der Waals surface area (Å²) in [6, 6.07) is 13.1. The van der Waals surface area contributed by atoms with E-state index in [1.165, 1.54) is 26.2 Å². The Bertz CT molecular complexity index is 1230. The highest BCUT2D eigenvalue weighted by atomic mass is 32.2. The van der Waals surface area contributed by atoms with E-state index in [9.17, 15) is 18.8 Å². The fourth-order valence-electron chi connectivity index (χ4n) is 3.52. The molecule has 0 spiro atoms. The number of thioether (sulfide) groups is 1. The van der Waals surface area contributed by atoms with Crippen LogP contribution in [0.3, 0.4) is 0 Å². The Hall–Kier alpha value is -3.39. The van der Waals surface area contributed by atoms with Gasteiger partial charge in [0.1, 0.15) is 11.9 Å². The van der Waals surface area contributed by atoms with Gasteiger partial charge in [-0.15, -0.1) is 0 Å². The number of halogens is 1. The average molecular weight is 438 g/mol. The van der Waals surface area contributed by atoms with E-state index in [1.807, 2.05) is 41.1 Å². The van der Waals surface area contributed by atoms with Crippen molar-refractivity contribution in [3.05, 3.63) is 76.6 Å². The van der Waals surface area contributed by atoms with Gasteiger partial charge < -0.3 is 9.30 Å². The quantitative estimate of drug-likeness (QED) is 0.436. The predicted octanol–water partition coefficient (Wildman–Crippen LogP) is 4.43. The molecule has 0 N–H and O–H groups in total. The van der Waals surface area contributed by atoms with Gasteiger partial charge in [-0.3, -0.25) is 14.5 Å². The maximum atomic E-state index is 13.5. The highest BCUT2D eigenvalue weighted by molar-refractivity contribution is 8.18. The SMILES string of the molecule is COC(=O)[C@H](C)N1C(=O)S/C(=C\c2ccc3c(ccn3Cc3cccc(F)c3)c2)C1=O. The molecule has 158 valence electrons. The highest BCUT2D eigenvalue weighted by Gasteiger charge is 2.41. The summed E-state index contributed by atoms with van der Waals surface area (Å²) in [4.78, 5) is 37.8. The Kier molecular flexibility index (Phi) is 5.65. The first-order valence-electron chi connectivity index (χ1n) is 9.55. The monoisotopic (exact) mass is 438 g/mol. The number of hydrogen-bond acceptors (Lipinski definition) is 5. The Morgan fingerprint density at radius 3 is 2.74 bits per heavy atom. The van der Waals surface area contributed by atoms with Crippen LogP contribution in [0.15, 0.2) is 59.6 Å². The Balaban J connectivity index is 1.58. The fraction of sp³-hybridized carbons (Fsp3) is 0.174. The van der Waals surface area contributed by atoms with Crippen LogP contribution in [0.1, 0.15) is 18.1 Å². The summed E-state index contributed by atoms with van der Waals surface area (Å²) in [6.45, 7) is 1.99. The number of ether oxygens (including phenoxy) is 1. The highest BCUT2D eigenvalue weighted by Crippen LogP contribution is 2.34. The van der Waals surface area contributed by atoms with Crippen LogP contribution in [-0.4, -0.2) is 39.7 Å². The smallest absolute Gasteiger partial charge is 0.328 e. The summed E-state index contributed by atoms with van der Waals surface area (Å²) in [5.41, 5.74) is 2.58. The molecular formula is C23H19FN2O4S. The van der Waals surface area contributed by atoms with Crippen LogP contribution in [0.5, 0.6) is 0 Å². The lowest BCUT2D eigenvalue weighted by atomic mass is 10.1. The van der Waals surface area contributed by atoms with Gasteiger partial charge in [0, 0.05) is 23.6 Å². The zero-order valence-electron chi connectivity index (χ0n) is 16.9. The van der Waals surface area contributed by atoms with Gasteiger partial charge in [-0.1, -0.05) is 18.2 Å². The third-order valence-electron chi connectivity index (χ3n) is 5.09. The second kappa shape index (κ2) is 8.39. The van der Waals surface area contributed by atoms with Gasteiger partial charge in [-0.2, -0.15) is 0 Å². The molecule has 1 saturated heterocycles. The van der Waals surface area contributed by atoms with Crippen molar-refractivity contribution in [2.75, 3.05) is 7.11 Å². The van der Waals surface area contributed by atoms with Crippen molar-refractivity contribution in [1.82, 2.24) is 9.47 Å². The molecule has 1 fully saturated rings. The predicted molar refractivity (Wildman–Crippen MR) is 117 cm³/mol. The van der Waals surface area contributed by atoms with Crippen LogP contribution in [0.4, 0.5) is 9.18 Å². The van der Waals surface area contributed by atoms with Gasteiger partial charge in [0.25, 0.3) is 11.1 Å². The Morgan fingerprint density at radius 1 is 1.19 bits per heavy atom. The molecule has 0 bridgehead atoms. The third kappa shape index (κ3) is 4.11. The summed E-state index contributed by atoms with van der Waals surface area (Å²) in [5.74, 6) is -1.44. The molecule has 2 amide bonds. The fourth-order valence-corrected chi connectivity index (χ4v) is 4.43. The first-order chi connectivity index (χ1) is 14.9. The number of rotatable bonds is 5. The second-order valence-corrected chi connectivity index (χ2v) is 8.14. The molecule has 8 heteroatoms. The lowest BCUT2D eigenvalue weighted by molar-refractivity contribution is -0.148. The molecule has 0 saturated carbocycles. The number of nitrogens with zero attached hydrogens (tertiary/aromatic N) is 2. The molecule has 0 radical (unpaired) electrons. The average Bonchev–Trinajstić information content (AvgIpc) is 3.26. The molecule has 1 aromatic heterocycles. The van der Waals surface area contributed by atoms with E-state index in [-0.39, 0.29) is 10.7 Å². The minimum Gasteiger partial charge on any atom is -0.467 e. The zero-order chi connectivity index (χ0) is 22.1. The molecular weight excluding hydrogens is 419 g/mol. The molecule has 4 rings (SSSR count). The van der Waals surface area contributed by atoms with Gasteiger partial charge in [0.2, 0.25) is 0 Å². The molecule has 3 aromatic rings. The number of fused-ring (bicyclic) bond motifs is 1. The first-order valence-corrected chi connectivity index (χ1v) is 10.4. The van der Waals surface area contributed by atoms with Crippen molar-refractivity contribution < 1.29 is 23.5 Å². The summed E-state index contributed by atoms with van der Waals surface area (Å²) in [6.07, 6.45) is 3.56. The standard InChI is InChI=1S/C23H19FN2O4S/c1-14(22(28)30-2)26-21(27)20(31-23(26)29)12-15-6-7-19-17(10-15)8-9-25(19)13-16-4-3-5-18(24)11-16/h3-12,14H,13H2,1-2H3/b20-12-/t14-/m0/s1. The second-order valence-electron chi connectivity index (χ2n) is 7.14. The number of imide groups is 1. The number of amides is 2. The summed E-state index contributed by atoms with van der Waals surface area (Å²) in [7, 11) is 1.21. The third-order valence-corrected chi connectivity index (χ3v) is 5.97. The van der Waals surface area contributed by atoms with Crippen molar-refractivity contribution in [1.29, 1.82) is 0 Å². The van der Waals surface area contributed by atoms with E-state index in [1.54, 1.807) is 12.1 Å². The van der Waals surface area contributed by atoms with Crippen molar-refractivity contribution in [3.8, 4) is 0 Å². The van der Waals surface area contributed by atoms with Gasteiger partial charge in [-0.05, 0) is 66.2 Å². The van der Waals surface area contributed by atoms with Crippen LogP contribution in [0.25, 0.3) is 17.0 Å². The molecule has 0 unspecified atom stereocenters. The minimum absolute atomic E-state index is 0.249. The van der Waals surface area contributed by atoms with E-state index in [0.717, 1.165) is 38.7 Å². The van der Waals surface area contributed by atoms with Crippen molar-refractivity contribution in [3.63, 3.8) is 0 Å². The first kappa shape index (κ1) is 20.9. The van der Waals surface area contributed by atoms with Crippen LogP contribution < -0.4 is 0 Å². The van der Waals surface area contributed by atoms with Gasteiger partial charge in [-0.25, -0.2) is 9.18 Å². The summed E-state index contributed by atoms with van der Waals surface area (Å²) < 4.78 is 20.1. The summed E-state index contributed by atoms with van der Waals surface area (Å²) in [5, 5.41) is 0.448. The lowest BCUT2D eigenvalue weighted by Crippen LogP contribution is -2.42. The zero-order valence-corrected chi connectivity index (χ0v) is 17.7. The van der Waals surface area contributed by atoms with Gasteiger partial charge >= 0.3 is 5.97 Å². The Labute approximate surface area is 182 Å². The van der Waals surface area contributed by atoms with Gasteiger partial charge in [0.05, 0.1) is 12.0 Å². The molecule has 31 heavy (non-hydrogen) atoms. The maximum Gasteiger partial charge on any atom is 0.328 e. The number of carbonyl (C=O) groups excluding carboxylic acids is 3. The van der Waals surface area contributed by atoms with E-state index in [2.05, 4.69) is 4.74 Å². The number of esters is 1. The molecule has 2 aromatic carbocycles. The van der Waals surface area contributed by atoms with E-state index in [4.69, 9.17) is 0 Å². The molecule has 0 aliphatic carbocycles. The van der Waals surface area contributed by atoms with Crippen molar-refractivity contribution in [2.24, 2.45) is 0 Å². The maximum absolute atomic E-state index is 13.5. The molecule has 6 nitrogen and oxygen atoms in total. The lowest BCUT2D eigenvalue weighted by Gasteiger charge is -2.18. The van der Waals surface area contributed by atoms with Crippen LogP contribution in [0, 0.1) is 5.82 Å². The summed E-state index contributed by atoms with van der Waals surface area (Å²) >= 11 is 0.797. The normalized spacial score (nSPS) is 16.4. The number of carbonyl (C=O) groups is 3. The molecule has 1 aliphatic heterocycles.